The summed E-state index contributed by atoms with van der Waals surface area (Å²) in [5, 5.41) is 2.02. The molecule has 0 radical (unpaired) electrons. The van der Waals surface area contributed by atoms with Crippen LogP contribution in [0.1, 0.15) is 17.2 Å². The van der Waals surface area contributed by atoms with Crippen molar-refractivity contribution in [2.45, 2.75) is 12.3 Å². The molecule has 0 saturated heterocycles. The fraction of sp³-hybridized carbons (Fsp3) is 0.444. The van der Waals surface area contributed by atoms with E-state index in [0.717, 1.165) is 5.69 Å². The van der Waals surface area contributed by atoms with Gasteiger partial charge >= 0.3 is 0 Å². The van der Waals surface area contributed by atoms with Crippen LogP contribution in [-0.2, 0) is 4.79 Å². The maximum atomic E-state index is 11.5. The Labute approximate surface area is 81.2 Å². The zero-order chi connectivity index (χ0) is 9.42. The van der Waals surface area contributed by atoms with Crippen molar-refractivity contribution in [2.75, 3.05) is 18.5 Å². The zero-order valence-electron chi connectivity index (χ0n) is 7.49. The van der Waals surface area contributed by atoms with Gasteiger partial charge in [-0.1, -0.05) is 0 Å². The monoisotopic (exact) mass is 196 g/mol. The Morgan fingerprint density at radius 1 is 1.77 bits per heavy atom. The first-order valence-electron chi connectivity index (χ1n) is 4.28. The van der Waals surface area contributed by atoms with Crippen molar-refractivity contribution in [3.05, 3.63) is 16.3 Å². The number of carbonyl (C=O) groups is 1. The summed E-state index contributed by atoms with van der Waals surface area (Å²) in [5.74, 6) is 0.403. The lowest BCUT2D eigenvalue weighted by Gasteiger charge is -2.27. The number of hydrogen-bond donors (Lipinski definition) is 1. The van der Waals surface area contributed by atoms with Crippen molar-refractivity contribution >= 4 is 22.9 Å². The van der Waals surface area contributed by atoms with E-state index < -0.39 is 0 Å². The molecule has 1 aliphatic rings. The molecule has 0 aromatic carbocycles. The fourth-order valence-electron chi connectivity index (χ4n) is 1.66. The van der Waals surface area contributed by atoms with Gasteiger partial charge in [-0.05, 0) is 11.4 Å². The lowest BCUT2D eigenvalue weighted by atomic mass is 9.98. The second kappa shape index (κ2) is 3.12. The SMILES string of the molecule is CN1C(=O)CC(CN)c2sccc21. The molecule has 0 aliphatic carbocycles. The molecule has 4 heteroatoms. The van der Waals surface area contributed by atoms with Gasteiger partial charge in [0.05, 0.1) is 5.69 Å². The predicted octanol–water partition coefficient (Wildman–Crippen LogP) is 1.16. The van der Waals surface area contributed by atoms with Crippen LogP contribution in [0.25, 0.3) is 0 Å². The summed E-state index contributed by atoms with van der Waals surface area (Å²) in [6, 6.07) is 1.99. The van der Waals surface area contributed by atoms with Crippen LogP contribution in [0.2, 0.25) is 0 Å². The minimum atomic E-state index is 0.168. The third-order valence-electron chi connectivity index (χ3n) is 2.49. The highest BCUT2D eigenvalue weighted by Crippen LogP contribution is 2.38. The second-order valence-corrected chi connectivity index (χ2v) is 4.21. The number of thiophene rings is 1. The molecule has 1 aromatic heterocycles. The van der Waals surface area contributed by atoms with Crippen molar-refractivity contribution in [1.29, 1.82) is 0 Å². The van der Waals surface area contributed by atoms with Crippen LogP contribution >= 0.6 is 11.3 Å². The quantitative estimate of drug-likeness (QED) is 0.732. The summed E-state index contributed by atoms with van der Waals surface area (Å²) in [4.78, 5) is 14.5. The normalized spacial score (nSPS) is 21.8. The molecule has 2 N–H and O–H groups in total. The summed E-state index contributed by atoms with van der Waals surface area (Å²) in [6.07, 6.45) is 0.556. The number of anilines is 1. The Morgan fingerprint density at radius 2 is 2.54 bits per heavy atom. The van der Waals surface area contributed by atoms with Crippen LogP contribution in [0.4, 0.5) is 5.69 Å². The van der Waals surface area contributed by atoms with E-state index in [0.29, 0.717) is 13.0 Å². The number of nitrogens with two attached hydrogens (primary N) is 1. The van der Waals surface area contributed by atoms with Crippen molar-refractivity contribution in [3.8, 4) is 0 Å². The molecule has 0 bridgehead atoms. The molecule has 0 spiro atoms. The van der Waals surface area contributed by atoms with Crippen molar-refractivity contribution in [3.63, 3.8) is 0 Å². The lowest BCUT2D eigenvalue weighted by Crippen LogP contribution is -2.34. The first-order valence-corrected chi connectivity index (χ1v) is 5.16. The maximum absolute atomic E-state index is 11.5. The van der Waals surface area contributed by atoms with Gasteiger partial charge in [-0.3, -0.25) is 4.79 Å². The summed E-state index contributed by atoms with van der Waals surface area (Å²) < 4.78 is 0. The minimum Gasteiger partial charge on any atom is -0.330 e. The van der Waals surface area contributed by atoms with E-state index in [1.54, 1.807) is 16.2 Å². The van der Waals surface area contributed by atoms with Crippen molar-refractivity contribution in [1.82, 2.24) is 0 Å². The van der Waals surface area contributed by atoms with E-state index in [1.165, 1.54) is 4.88 Å². The van der Waals surface area contributed by atoms with Gasteiger partial charge in [0, 0.05) is 30.8 Å². The third-order valence-corrected chi connectivity index (χ3v) is 3.55. The lowest BCUT2D eigenvalue weighted by molar-refractivity contribution is -0.119. The van der Waals surface area contributed by atoms with E-state index in [2.05, 4.69) is 0 Å². The van der Waals surface area contributed by atoms with Gasteiger partial charge in [0.1, 0.15) is 0 Å². The first kappa shape index (κ1) is 8.72. The van der Waals surface area contributed by atoms with E-state index in [4.69, 9.17) is 5.73 Å². The van der Waals surface area contributed by atoms with Gasteiger partial charge in [0.2, 0.25) is 5.91 Å². The number of amides is 1. The highest BCUT2D eigenvalue weighted by Gasteiger charge is 2.28. The molecule has 3 nitrogen and oxygen atoms in total. The van der Waals surface area contributed by atoms with E-state index in [-0.39, 0.29) is 11.8 Å². The van der Waals surface area contributed by atoms with Gasteiger partial charge < -0.3 is 10.6 Å². The van der Waals surface area contributed by atoms with Gasteiger partial charge in [-0.25, -0.2) is 0 Å². The number of rotatable bonds is 1. The molecular formula is C9H12N2OS. The zero-order valence-corrected chi connectivity index (χ0v) is 8.30. The Morgan fingerprint density at radius 3 is 3.23 bits per heavy atom. The summed E-state index contributed by atoms with van der Waals surface area (Å²) in [6.45, 7) is 0.563. The van der Waals surface area contributed by atoms with Crippen molar-refractivity contribution < 1.29 is 4.79 Å². The molecule has 13 heavy (non-hydrogen) atoms. The molecule has 1 amide bonds. The first-order chi connectivity index (χ1) is 6.24. The molecule has 1 aromatic rings. The molecule has 0 fully saturated rings. The Bertz CT molecular complexity index is 334. The number of fused-ring (bicyclic) bond motifs is 1. The predicted molar refractivity (Wildman–Crippen MR) is 54.1 cm³/mol. The summed E-state index contributed by atoms with van der Waals surface area (Å²) in [7, 11) is 1.82. The second-order valence-electron chi connectivity index (χ2n) is 3.26. The largest absolute Gasteiger partial charge is 0.330 e. The highest BCUT2D eigenvalue weighted by molar-refractivity contribution is 7.10. The third kappa shape index (κ3) is 1.26. The van der Waals surface area contributed by atoms with Crippen LogP contribution in [0.15, 0.2) is 11.4 Å². The van der Waals surface area contributed by atoms with E-state index >= 15 is 0 Å². The number of hydrogen-bond acceptors (Lipinski definition) is 3. The summed E-state index contributed by atoms with van der Waals surface area (Å²) in [5.41, 5.74) is 6.66. The van der Waals surface area contributed by atoms with Gasteiger partial charge in [0.15, 0.2) is 0 Å². The molecule has 1 aliphatic heterocycles. The number of nitrogens with zero attached hydrogens (tertiary/aromatic N) is 1. The Balaban J connectivity index is 2.44. The molecule has 2 heterocycles. The highest BCUT2D eigenvalue weighted by atomic mass is 32.1. The smallest absolute Gasteiger partial charge is 0.227 e. The fourth-order valence-corrected chi connectivity index (χ4v) is 2.70. The van der Waals surface area contributed by atoms with Crippen LogP contribution in [0.3, 0.4) is 0 Å². The standard InChI is InChI=1S/C9H12N2OS/c1-11-7-2-3-13-9(7)6(5-10)4-8(11)12/h2-3,6H,4-5,10H2,1H3. The average molecular weight is 196 g/mol. The molecule has 1 atom stereocenters. The Kier molecular flexibility index (Phi) is 2.09. The molecule has 0 saturated carbocycles. The summed E-state index contributed by atoms with van der Waals surface area (Å²) >= 11 is 1.69. The minimum absolute atomic E-state index is 0.168. The van der Waals surface area contributed by atoms with Crippen molar-refractivity contribution in [2.24, 2.45) is 5.73 Å². The topological polar surface area (TPSA) is 46.3 Å². The van der Waals surface area contributed by atoms with Crippen LogP contribution in [-0.4, -0.2) is 19.5 Å². The Hall–Kier alpha value is -0.870. The van der Waals surface area contributed by atoms with Gasteiger partial charge in [-0.15, -0.1) is 11.3 Å². The van der Waals surface area contributed by atoms with Gasteiger partial charge in [0.25, 0.3) is 0 Å². The molecule has 2 rings (SSSR count). The van der Waals surface area contributed by atoms with E-state index in [9.17, 15) is 4.79 Å². The van der Waals surface area contributed by atoms with Gasteiger partial charge in [-0.2, -0.15) is 0 Å². The molecule has 1 unspecified atom stereocenters. The molecule has 70 valence electrons. The van der Waals surface area contributed by atoms with Crippen LogP contribution < -0.4 is 10.6 Å². The van der Waals surface area contributed by atoms with E-state index in [1.807, 2.05) is 18.5 Å². The molecular weight excluding hydrogens is 184 g/mol. The maximum Gasteiger partial charge on any atom is 0.227 e. The number of carbonyl (C=O) groups excluding carboxylic acids is 1. The average Bonchev–Trinajstić information content (AvgIpc) is 2.60. The van der Waals surface area contributed by atoms with Crippen LogP contribution in [0, 0.1) is 0 Å². The van der Waals surface area contributed by atoms with Crippen LogP contribution in [0.5, 0.6) is 0 Å².